The van der Waals surface area contributed by atoms with E-state index in [0.29, 0.717) is 5.56 Å². The lowest BCUT2D eigenvalue weighted by Gasteiger charge is -2.17. The highest BCUT2D eigenvalue weighted by atomic mass is 19.1. The quantitative estimate of drug-likeness (QED) is 0.807. The Labute approximate surface area is 122 Å². The molecule has 0 aliphatic rings. The van der Waals surface area contributed by atoms with E-state index in [4.69, 9.17) is 5.26 Å². The number of carbonyl (C=O) groups is 2. The molecule has 0 aliphatic heterocycles. The van der Waals surface area contributed by atoms with E-state index in [-0.39, 0.29) is 12.8 Å². The van der Waals surface area contributed by atoms with Gasteiger partial charge in [-0.05, 0) is 31.0 Å². The number of hydrogen-bond acceptors (Lipinski definition) is 4. The fourth-order valence-electron chi connectivity index (χ4n) is 1.84. The SMILES string of the molecule is COC(=O)[C@H](C[C@H](C)C#N)NC(=O)Cc1cccc(F)c1. The number of nitrogens with zero attached hydrogens (tertiary/aromatic N) is 1. The molecule has 6 heteroatoms. The predicted molar refractivity (Wildman–Crippen MR) is 73.4 cm³/mol. The Morgan fingerprint density at radius 1 is 1.48 bits per heavy atom. The number of ether oxygens (including phenoxy) is 1. The van der Waals surface area contributed by atoms with E-state index in [9.17, 15) is 14.0 Å². The third kappa shape index (κ3) is 5.61. The topological polar surface area (TPSA) is 79.2 Å². The standard InChI is InChI=1S/C15H17FN2O3/c1-10(9-17)6-13(15(20)21-2)18-14(19)8-11-4-3-5-12(16)7-11/h3-5,7,10,13H,6,8H2,1-2H3,(H,18,19)/t10-,13-/m0/s1. The molecular formula is C15H17FN2O3. The number of nitrogens with one attached hydrogen (secondary N) is 1. The number of benzene rings is 1. The Morgan fingerprint density at radius 3 is 2.76 bits per heavy atom. The predicted octanol–water partition coefficient (Wildman–Crippen LogP) is 1.58. The van der Waals surface area contributed by atoms with Crippen molar-refractivity contribution in [1.82, 2.24) is 5.32 Å². The van der Waals surface area contributed by atoms with Crippen molar-refractivity contribution in [2.24, 2.45) is 5.92 Å². The van der Waals surface area contributed by atoms with Crippen molar-refractivity contribution in [3.63, 3.8) is 0 Å². The molecule has 0 heterocycles. The highest BCUT2D eigenvalue weighted by Crippen LogP contribution is 2.08. The molecular weight excluding hydrogens is 275 g/mol. The number of methoxy groups -OCH3 is 1. The molecule has 112 valence electrons. The Morgan fingerprint density at radius 2 is 2.19 bits per heavy atom. The zero-order valence-corrected chi connectivity index (χ0v) is 11.9. The van der Waals surface area contributed by atoms with Crippen molar-refractivity contribution in [2.75, 3.05) is 7.11 Å². The first-order valence-corrected chi connectivity index (χ1v) is 6.47. The maximum Gasteiger partial charge on any atom is 0.328 e. The third-order valence-corrected chi connectivity index (χ3v) is 2.88. The van der Waals surface area contributed by atoms with Crippen molar-refractivity contribution in [3.8, 4) is 6.07 Å². The van der Waals surface area contributed by atoms with Gasteiger partial charge in [0.25, 0.3) is 0 Å². The van der Waals surface area contributed by atoms with Crippen LogP contribution < -0.4 is 5.32 Å². The van der Waals surface area contributed by atoms with Gasteiger partial charge < -0.3 is 10.1 Å². The molecule has 0 aliphatic carbocycles. The molecule has 2 atom stereocenters. The van der Waals surface area contributed by atoms with Gasteiger partial charge in [-0.3, -0.25) is 4.79 Å². The molecule has 0 radical (unpaired) electrons. The van der Waals surface area contributed by atoms with E-state index in [1.807, 2.05) is 6.07 Å². The van der Waals surface area contributed by atoms with Crippen molar-refractivity contribution >= 4 is 11.9 Å². The van der Waals surface area contributed by atoms with Gasteiger partial charge in [0.1, 0.15) is 11.9 Å². The molecule has 0 aromatic heterocycles. The van der Waals surface area contributed by atoms with Gasteiger partial charge >= 0.3 is 5.97 Å². The second kappa shape index (κ2) is 8.00. The first kappa shape index (κ1) is 16.6. The molecule has 0 unspecified atom stereocenters. The minimum absolute atomic E-state index is 0.0494. The van der Waals surface area contributed by atoms with Crippen molar-refractivity contribution < 1.29 is 18.7 Å². The van der Waals surface area contributed by atoms with E-state index in [0.717, 1.165) is 0 Å². The highest BCUT2D eigenvalue weighted by molar-refractivity contribution is 5.85. The van der Waals surface area contributed by atoms with Crippen LogP contribution in [0.3, 0.4) is 0 Å². The van der Waals surface area contributed by atoms with Gasteiger partial charge in [0.2, 0.25) is 5.91 Å². The van der Waals surface area contributed by atoms with E-state index in [2.05, 4.69) is 10.1 Å². The second-order valence-electron chi connectivity index (χ2n) is 4.72. The molecule has 0 fully saturated rings. The summed E-state index contributed by atoms with van der Waals surface area (Å²) in [4.78, 5) is 23.5. The fourth-order valence-corrected chi connectivity index (χ4v) is 1.84. The molecule has 5 nitrogen and oxygen atoms in total. The Hall–Kier alpha value is -2.42. The zero-order valence-electron chi connectivity index (χ0n) is 11.9. The average Bonchev–Trinajstić information content (AvgIpc) is 2.45. The molecule has 1 aromatic rings. The lowest BCUT2D eigenvalue weighted by Crippen LogP contribution is -2.43. The van der Waals surface area contributed by atoms with E-state index in [1.54, 1.807) is 13.0 Å². The maximum atomic E-state index is 13.0. The van der Waals surface area contributed by atoms with Gasteiger partial charge in [-0.1, -0.05) is 12.1 Å². The fraction of sp³-hybridized carbons (Fsp3) is 0.400. The smallest absolute Gasteiger partial charge is 0.328 e. The van der Waals surface area contributed by atoms with Gasteiger partial charge in [-0.15, -0.1) is 0 Å². The van der Waals surface area contributed by atoms with Crippen LogP contribution in [0.5, 0.6) is 0 Å². The number of rotatable bonds is 6. The summed E-state index contributed by atoms with van der Waals surface area (Å²) in [5.74, 6) is -1.86. The van der Waals surface area contributed by atoms with Crippen LogP contribution in [0.1, 0.15) is 18.9 Å². The summed E-state index contributed by atoms with van der Waals surface area (Å²) in [7, 11) is 1.21. The van der Waals surface area contributed by atoms with E-state index >= 15 is 0 Å². The van der Waals surface area contributed by atoms with Crippen LogP contribution in [0.4, 0.5) is 4.39 Å². The summed E-state index contributed by atoms with van der Waals surface area (Å²) in [5, 5.41) is 11.3. The minimum atomic E-state index is -0.884. The molecule has 1 aromatic carbocycles. The summed E-state index contributed by atoms with van der Waals surface area (Å²) in [5.41, 5.74) is 0.504. The Bertz CT molecular complexity index is 554. The van der Waals surface area contributed by atoms with Crippen LogP contribution in [0, 0.1) is 23.1 Å². The van der Waals surface area contributed by atoms with Gasteiger partial charge in [-0.25, -0.2) is 9.18 Å². The molecule has 0 spiro atoms. The molecule has 1 amide bonds. The summed E-state index contributed by atoms with van der Waals surface area (Å²) in [6, 6.07) is 6.78. The van der Waals surface area contributed by atoms with Crippen LogP contribution >= 0.6 is 0 Å². The number of halogens is 1. The van der Waals surface area contributed by atoms with Crippen LogP contribution in [-0.2, 0) is 20.7 Å². The van der Waals surface area contributed by atoms with Crippen molar-refractivity contribution in [2.45, 2.75) is 25.8 Å². The number of amides is 1. The zero-order chi connectivity index (χ0) is 15.8. The number of nitriles is 1. The lowest BCUT2D eigenvalue weighted by molar-refractivity contribution is -0.145. The summed E-state index contributed by atoms with van der Waals surface area (Å²) in [6.45, 7) is 1.65. The molecule has 1 rings (SSSR count). The van der Waals surface area contributed by atoms with Crippen molar-refractivity contribution in [3.05, 3.63) is 35.6 Å². The molecule has 0 saturated heterocycles. The largest absolute Gasteiger partial charge is 0.467 e. The maximum absolute atomic E-state index is 13.0. The summed E-state index contributed by atoms with van der Waals surface area (Å²) in [6.07, 6.45) is 0.115. The van der Waals surface area contributed by atoms with Crippen LogP contribution in [-0.4, -0.2) is 25.0 Å². The minimum Gasteiger partial charge on any atom is -0.467 e. The number of esters is 1. The molecule has 1 N–H and O–H groups in total. The van der Waals surface area contributed by atoms with Crippen molar-refractivity contribution in [1.29, 1.82) is 5.26 Å². The monoisotopic (exact) mass is 292 g/mol. The Balaban J connectivity index is 2.67. The van der Waals surface area contributed by atoms with E-state index in [1.165, 1.54) is 25.3 Å². The summed E-state index contributed by atoms with van der Waals surface area (Å²) < 4.78 is 17.6. The number of hydrogen-bond donors (Lipinski definition) is 1. The molecule has 0 bridgehead atoms. The van der Waals surface area contributed by atoms with Crippen LogP contribution in [0.25, 0.3) is 0 Å². The van der Waals surface area contributed by atoms with E-state index < -0.39 is 29.7 Å². The highest BCUT2D eigenvalue weighted by Gasteiger charge is 2.23. The normalized spacial score (nSPS) is 12.9. The average molecular weight is 292 g/mol. The number of carbonyl (C=O) groups excluding carboxylic acids is 2. The van der Waals surface area contributed by atoms with Crippen LogP contribution in [0.2, 0.25) is 0 Å². The first-order chi connectivity index (χ1) is 9.96. The van der Waals surface area contributed by atoms with Gasteiger partial charge in [-0.2, -0.15) is 5.26 Å². The van der Waals surface area contributed by atoms with Gasteiger partial charge in [0.15, 0.2) is 0 Å². The van der Waals surface area contributed by atoms with Gasteiger partial charge in [0.05, 0.1) is 19.6 Å². The summed E-state index contributed by atoms with van der Waals surface area (Å²) >= 11 is 0. The lowest BCUT2D eigenvalue weighted by atomic mass is 10.0. The molecule has 21 heavy (non-hydrogen) atoms. The Kier molecular flexibility index (Phi) is 6.34. The first-order valence-electron chi connectivity index (χ1n) is 6.47. The second-order valence-corrected chi connectivity index (χ2v) is 4.72. The molecule has 0 saturated carbocycles. The third-order valence-electron chi connectivity index (χ3n) is 2.88. The van der Waals surface area contributed by atoms with Crippen LogP contribution in [0.15, 0.2) is 24.3 Å². The van der Waals surface area contributed by atoms with Gasteiger partial charge in [0, 0.05) is 5.92 Å².